The molecule has 41 heavy (non-hydrogen) atoms. The minimum Gasteiger partial charge on any atom is -0.406 e. The van der Waals surface area contributed by atoms with E-state index in [4.69, 9.17) is 4.99 Å². The first-order valence-electron chi connectivity index (χ1n) is 12.3. The number of amidine groups is 1. The summed E-state index contributed by atoms with van der Waals surface area (Å²) in [5.41, 5.74) is 4.54. The third-order valence-electron chi connectivity index (χ3n) is 6.27. The Bertz CT molecular complexity index is 1800. The predicted molar refractivity (Wildman–Crippen MR) is 150 cm³/mol. The normalized spacial score (nSPS) is 14.8. The van der Waals surface area contributed by atoms with Crippen molar-refractivity contribution in [3.8, 4) is 22.8 Å². The number of alkyl halides is 3. The molecule has 3 aromatic carbocycles. The number of aromatic nitrogens is 5. The van der Waals surface area contributed by atoms with Crippen LogP contribution in [0.25, 0.3) is 28.0 Å². The van der Waals surface area contributed by atoms with Crippen molar-refractivity contribution < 1.29 is 22.7 Å². The van der Waals surface area contributed by atoms with E-state index in [2.05, 4.69) is 24.8 Å². The second-order valence-corrected chi connectivity index (χ2v) is 10.1. The number of amides is 1. The van der Waals surface area contributed by atoms with Gasteiger partial charge >= 0.3 is 6.36 Å². The molecule has 1 aliphatic heterocycles. The molecule has 0 radical (unpaired) electrons. The highest BCUT2D eigenvalue weighted by Crippen LogP contribution is 2.31. The van der Waals surface area contributed by atoms with Gasteiger partial charge in [0, 0.05) is 17.1 Å². The number of para-hydroxylation sites is 1. The Morgan fingerprint density at radius 3 is 2.49 bits per heavy atom. The molecule has 2 aromatic heterocycles. The summed E-state index contributed by atoms with van der Waals surface area (Å²) < 4.78 is 42.7. The van der Waals surface area contributed by atoms with Gasteiger partial charge in [0.25, 0.3) is 0 Å². The van der Waals surface area contributed by atoms with Crippen LogP contribution in [0.2, 0.25) is 0 Å². The van der Waals surface area contributed by atoms with E-state index in [0.29, 0.717) is 27.8 Å². The molecule has 9 nitrogen and oxygen atoms in total. The number of aliphatic imine (C=N–C) groups is 1. The standard InChI is InChI=1S/C28H20F3N7O2S/c1-16-4-3-5-17(2)24(16)35-27-38(23(39)14-41-27)26-32-13-19-7-6-18(12-22(19)34-26)25-33-15-37(36-25)20-8-10-21(11-9-20)40-28(29,30)31/h3-13,15H,14H2,1-2H3. The van der Waals surface area contributed by atoms with Crippen LogP contribution in [0.4, 0.5) is 24.8 Å². The van der Waals surface area contributed by atoms with Gasteiger partial charge in [0.2, 0.25) is 11.9 Å². The highest BCUT2D eigenvalue weighted by Gasteiger charge is 2.32. The van der Waals surface area contributed by atoms with Gasteiger partial charge in [0.05, 0.1) is 22.6 Å². The van der Waals surface area contributed by atoms with Gasteiger partial charge in [-0.25, -0.2) is 29.5 Å². The van der Waals surface area contributed by atoms with Gasteiger partial charge < -0.3 is 4.74 Å². The van der Waals surface area contributed by atoms with E-state index >= 15 is 0 Å². The minimum absolute atomic E-state index is 0.164. The largest absolute Gasteiger partial charge is 0.573 e. The third-order valence-corrected chi connectivity index (χ3v) is 7.19. The van der Waals surface area contributed by atoms with E-state index in [-0.39, 0.29) is 23.4 Å². The molecular formula is C28H20F3N7O2S. The van der Waals surface area contributed by atoms with Crippen molar-refractivity contribution >= 4 is 45.4 Å². The van der Waals surface area contributed by atoms with Gasteiger partial charge in [0.15, 0.2) is 11.0 Å². The van der Waals surface area contributed by atoms with Gasteiger partial charge in [0.1, 0.15) is 12.1 Å². The van der Waals surface area contributed by atoms with E-state index in [0.717, 1.165) is 22.2 Å². The fourth-order valence-electron chi connectivity index (χ4n) is 4.30. The second-order valence-electron chi connectivity index (χ2n) is 9.15. The molecule has 1 saturated heterocycles. The first-order chi connectivity index (χ1) is 19.6. The van der Waals surface area contributed by atoms with Crippen LogP contribution in [0.15, 0.2) is 78.2 Å². The lowest BCUT2D eigenvalue weighted by Gasteiger charge is -2.15. The van der Waals surface area contributed by atoms with E-state index in [1.165, 1.54) is 51.9 Å². The van der Waals surface area contributed by atoms with Crippen molar-refractivity contribution in [3.63, 3.8) is 0 Å². The molecule has 0 atom stereocenters. The summed E-state index contributed by atoms with van der Waals surface area (Å²) in [5.74, 6) is 0.337. The molecule has 5 aromatic rings. The number of thioether (sulfide) groups is 1. The zero-order valence-electron chi connectivity index (χ0n) is 21.6. The zero-order chi connectivity index (χ0) is 28.7. The molecule has 1 fully saturated rings. The molecule has 0 saturated carbocycles. The van der Waals surface area contributed by atoms with Crippen LogP contribution in [0, 0.1) is 13.8 Å². The Morgan fingerprint density at radius 1 is 1.00 bits per heavy atom. The quantitative estimate of drug-likeness (QED) is 0.248. The Balaban J connectivity index is 1.30. The summed E-state index contributed by atoms with van der Waals surface area (Å²) in [7, 11) is 0. The molecule has 3 heterocycles. The Morgan fingerprint density at radius 2 is 1.76 bits per heavy atom. The van der Waals surface area contributed by atoms with E-state index in [1.807, 2.05) is 44.2 Å². The van der Waals surface area contributed by atoms with Crippen molar-refractivity contribution in [2.45, 2.75) is 20.2 Å². The van der Waals surface area contributed by atoms with Gasteiger partial charge in [-0.05, 0) is 55.3 Å². The van der Waals surface area contributed by atoms with Crippen LogP contribution in [0.1, 0.15) is 11.1 Å². The van der Waals surface area contributed by atoms with E-state index < -0.39 is 6.36 Å². The summed E-state index contributed by atoms with van der Waals surface area (Å²) in [6.45, 7) is 3.94. The first-order valence-corrected chi connectivity index (χ1v) is 13.3. The lowest BCUT2D eigenvalue weighted by molar-refractivity contribution is -0.274. The molecule has 0 bridgehead atoms. The van der Waals surface area contributed by atoms with Crippen molar-refractivity contribution in [2.24, 2.45) is 4.99 Å². The summed E-state index contributed by atoms with van der Waals surface area (Å²) >= 11 is 1.34. The van der Waals surface area contributed by atoms with Crippen LogP contribution < -0.4 is 9.64 Å². The average molecular weight is 576 g/mol. The van der Waals surface area contributed by atoms with Gasteiger partial charge in [-0.2, -0.15) is 0 Å². The molecule has 1 amide bonds. The number of aryl methyl sites for hydroxylation is 2. The number of carbonyl (C=O) groups excluding carboxylic acids is 1. The first kappa shape index (κ1) is 26.4. The predicted octanol–water partition coefficient (Wildman–Crippen LogP) is 6.16. The van der Waals surface area contributed by atoms with E-state index in [1.54, 1.807) is 12.3 Å². The maximum Gasteiger partial charge on any atom is 0.573 e. The van der Waals surface area contributed by atoms with Crippen LogP contribution in [0.5, 0.6) is 5.75 Å². The number of carbonyl (C=O) groups is 1. The number of rotatable bonds is 5. The second kappa shape index (κ2) is 10.3. The summed E-state index contributed by atoms with van der Waals surface area (Å²) in [6.07, 6.45) is -1.66. The summed E-state index contributed by atoms with van der Waals surface area (Å²) in [5, 5.41) is 5.72. The van der Waals surface area contributed by atoms with Crippen molar-refractivity contribution in [1.29, 1.82) is 0 Å². The maximum absolute atomic E-state index is 12.9. The lowest BCUT2D eigenvalue weighted by atomic mass is 10.1. The van der Waals surface area contributed by atoms with Crippen molar-refractivity contribution in [2.75, 3.05) is 10.7 Å². The lowest BCUT2D eigenvalue weighted by Crippen LogP contribution is -2.30. The van der Waals surface area contributed by atoms with Gasteiger partial charge in [-0.15, -0.1) is 18.3 Å². The Labute approximate surface area is 235 Å². The number of halogens is 3. The summed E-state index contributed by atoms with van der Waals surface area (Å²) in [4.78, 5) is 32.5. The number of nitrogens with zero attached hydrogens (tertiary/aromatic N) is 7. The fourth-order valence-corrected chi connectivity index (χ4v) is 5.15. The number of ether oxygens (including phenoxy) is 1. The SMILES string of the molecule is Cc1cccc(C)c1N=C1SCC(=O)N1c1ncc2ccc(-c3ncn(-c4ccc(OC(F)(F)F)cc4)n3)cc2n1. The van der Waals surface area contributed by atoms with E-state index in [9.17, 15) is 18.0 Å². The molecule has 0 aliphatic carbocycles. The van der Waals surface area contributed by atoms with Gasteiger partial charge in [-0.3, -0.25) is 4.79 Å². The molecule has 0 unspecified atom stereocenters. The monoisotopic (exact) mass is 575 g/mol. The third kappa shape index (κ3) is 5.48. The highest BCUT2D eigenvalue weighted by molar-refractivity contribution is 8.15. The highest BCUT2D eigenvalue weighted by atomic mass is 32.2. The molecule has 1 aliphatic rings. The molecule has 206 valence electrons. The van der Waals surface area contributed by atoms with Crippen molar-refractivity contribution in [3.05, 3.63) is 84.3 Å². The minimum atomic E-state index is -4.77. The molecular weight excluding hydrogens is 555 g/mol. The van der Waals surface area contributed by atoms with Crippen LogP contribution >= 0.6 is 11.8 Å². The smallest absolute Gasteiger partial charge is 0.406 e. The van der Waals surface area contributed by atoms with Gasteiger partial charge in [-0.1, -0.05) is 42.1 Å². The number of fused-ring (bicyclic) bond motifs is 1. The number of benzene rings is 3. The van der Waals surface area contributed by atoms with Crippen LogP contribution in [-0.4, -0.2) is 47.9 Å². The molecule has 13 heteroatoms. The van der Waals surface area contributed by atoms with Crippen LogP contribution in [-0.2, 0) is 4.79 Å². The average Bonchev–Trinajstić information content (AvgIpc) is 3.57. The topological polar surface area (TPSA) is 98.4 Å². The maximum atomic E-state index is 12.9. The van der Waals surface area contributed by atoms with Crippen LogP contribution in [0.3, 0.4) is 0 Å². The zero-order valence-corrected chi connectivity index (χ0v) is 22.4. The Kier molecular flexibility index (Phi) is 6.66. The number of hydrogen-bond donors (Lipinski definition) is 0. The van der Waals surface area contributed by atoms with Crippen molar-refractivity contribution in [1.82, 2.24) is 24.7 Å². The molecule has 0 spiro atoms. The molecule has 6 rings (SSSR count). The number of anilines is 1. The number of hydrogen-bond acceptors (Lipinski definition) is 8. The Hall–Kier alpha value is -4.78. The fraction of sp³-hybridized carbons (Fsp3) is 0.143. The molecule has 0 N–H and O–H groups in total. The summed E-state index contributed by atoms with van der Waals surface area (Å²) in [6, 6.07) is 16.6.